The molecule has 2 unspecified atom stereocenters. The lowest BCUT2D eigenvalue weighted by Gasteiger charge is -2.34. The van der Waals surface area contributed by atoms with Crippen molar-refractivity contribution in [3.63, 3.8) is 0 Å². The molecule has 5 nitrogen and oxygen atoms in total. The van der Waals surface area contributed by atoms with Gasteiger partial charge in [0.2, 0.25) is 11.8 Å². The SMILES string of the molecule is CCC(=O)CCCNC(=O)CCNC(=O)CC1C(C)CCCC1C. The Morgan fingerprint density at radius 1 is 0.917 bits per heavy atom. The highest BCUT2D eigenvalue weighted by atomic mass is 16.2. The fourth-order valence-electron chi connectivity index (χ4n) is 3.53. The van der Waals surface area contributed by atoms with Crippen molar-refractivity contribution in [3.8, 4) is 0 Å². The second-order valence-corrected chi connectivity index (χ2v) is 7.20. The van der Waals surface area contributed by atoms with Crippen LogP contribution in [0.1, 0.15) is 72.1 Å². The lowest BCUT2D eigenvalue weighted by molar-refractivity contribution is -0.124. The average Bonchev–Trinajstić information content (AvgIpc) is 2.55. The highest BCUT2D eigenvalue weighted by molar-refractivity contribution is 5.79. The third-order valence-electron chi connectivity index (χ3n) is 5.22. The number of rotatable bonds is 10. The zero-order valence-corrected chi connectivity index (χ0v) is 15.5. The molecule has 0 bridgehead atoms. The summed E-state index contributed by atoms with van der Waals surface area (Å²) < 4.78 is 0. The number of hydrogen-bond donors (Lipinski definition) is 2. The Morgan fingerprint density at radius 3 is 2.17 bits per heavy atom. The van der Waals surface area contributed by atoms with Crippen LogP contribution in [-0.4, -0.2) is 30.7 Å². The largest absolute Gasteiger partial charge is 0.356 e. The molecular formula is C19H34N2O3. The molecule has 1 aliphatic carbocycles. The number of Topliss-reactive ketones (excluding diaryl/α,β-unsaturated/α-hetero) is 1. The van der Waals surface area contributed by atoms with Crippen LogP contribution in [0, 0.1) is 17.8 Å². The van der Waals surface area contributed by atoms with Gasteiger partial charge in [0.05, 0.1) is 0 Å². The molecule has 1 saturated carbocycles. The van der Waals surface area contributed by atoms with Crippen molar-refractivity contribution in [2.45, 2.75) is 72.1 Å². The van der Waals surface area contributed by atoms with E-state index in [0.717, 1.165) is 0 Å². The summed E-state index contributed by atoms with van der Waals surface area (Å²) in [6.45, 7) is 7.23. The van der Waals surface area contributed by atoms with Gasteiger partial charge in [0.25, 0.3) is 0 Å². The molecule has 1 fully saturated rings. The zero-order valence-electron chi connectivity index (χ0n) is 15.5. The first-order chi connectivity index (χ1) is 11.4. The van der Waals surface area contributed by atoms with Crippen molar-refractivity contribution >= 4 is 17.6 Å². The van der Waals surface area contributed by atoms with Gasteiger partial charge in [-0.05, 0) is 24.2 Å². The van der Waals surface area contributed by atoms with E-state index in [1.807, 2.05) is 6.92 Å². The highest BCUT2D eigenvalue weighted by Gasteiger charge is 2.29. The Kier molecular flexibility index (Phi) is 9.65. The van der Waals surface area contributed by atoms with Crippen LogP contribution in [-0.2, 0) is 14.4 Å². The summed E-state index contributed by atoms with van der Waals surface area (Å²) in [5.41, 5.74) is 0. The van der Waals surface area contributed by atoms with Crippen LogP contribution < -0.4 is 10.6 Å². The van der Waals surface area contributed by atoms with E-state index in [9.17, 15) is 14.4 Å². The third kappa shape index (κ3) is 7.93. The first-order valence-electron chi connectivity index (χ1n) is 9.49. The number of ketones is 1. The Bertz CT molecular complexity index is 413. The van der Waals surface area contributed by atoms with Crippen molar-refractivity contribution in [1.82, 2.24) is 10.6 Å². The van der Waals surface area contributed by atoms with E-state index in [-0.39, 0.29) is 17.6 Å². The Labute approximate surface area is 146 Å². The van der Waals surface area contributed by atoms with Gasteiger partial charge in [0, 0.05) is 38.8 Å². The molecule has 138 valence electrons. The maximum absolute atomic E-state index is 12.1. The topological polar surface area (TPSA) is 75.3 Å². The van der Waals surface area contributed by atoms with Gasteiger partial charge in [0.15, 0.2) is 0 Å². The molecule has 0 aromatic carbocycles. The molecule has 0 saturated heterocycles. The quantitative estimate of drug-likeness (QED) is 0.601. The number of carbonyl (C=O) groups is 3. The lowest BCUT2D eigenvalue weighted by Crippen LogP contribution is -2.34. The minimum atomic E-state index is -0.0707. The first kappa shape index (κ1) is 20.7. The van der Waals surface area contributed by atoms with E-state index in [1.54, 1.807) is 0 Å². The maximum atomic E-state index is 12.1. The van der Waals surface area contributed by atoms with Crippen molar-refractivity contribution in [1.29, 1.82) is 0 Å². The molecule has 0 heterocycles. The van der Waals surface area contributed by atoms with Crippen LogP contribution >= 0.6 is 0 Å². The van der Waals surface area contributed by atoms with E-state index >= 15 is 0 Å². The summed E-state index contributed by atoms with van der Waals surface area (Å²) in [6.07, 6.45) is 6.32. The molecule has 0 aromatic heterocycles. The predicted molar refractivity (Wildman–Crippen MR) is 95.5 cm³/mol. The summed E-state index contributed by atoms with van der Waals surface area (Å²) >= 11 is 0. The van der Waals surface area contributed by atoms with Gasteiger partial charge in [-0.25, -0.2) is 0 Å². The van der Waals surface area contributed by atoms with Crippen molar-refractivity contribution in [2.24, 2.45) is 17.8 Å². The van der Waals surface area contributed by atoms with Gasteiger partial charge in [-0.15, -0.1) is 0 Å². The number of nitrogens with one attached hydrogen (secondary N) is 2. The molecule has 1 rings (SSSR count). The summed E-state index contributed by atoms with van der Waals surface area (Å²) in [6, 6.07) is 0. The highest BCUT2D eigenvalue weighted by Crippen LogP contribution is 2.36. The van der Waals surface area contributed by atoms with Gasteiger partial charge in [0.1, 0.15) is 5.78 Å². The molecule has 0 aliphatic heterocycles. The minimum absolute atomic E-state index is 0.0574. The van der Waals surface area contributed by atoms with Crippen LogP contribution in [0.4, 0.5) is 0 Å². The van der Waals surface area contributed by atoms with E-state index < -0.39 is 0 Å². The number of hydrogen-bond acceptors (Lipinski definition) is 3. The van der Waals surface area contributed by atoms with Crippen LogP contribution in [0.15, 0.2) is 0 Å². The molecule has 2 atom stereocenters. The fraction of sp³-hybridized carbons (Fsp3) is 0.842. The standard InChI is InChI=1S/C19H34N2O3/c1-4-16(22)9-6-11-20-18(23)10-12-21-19(24)13-17-14(2)7-5-8-15(17)3/h14-15,17H,4-13H2,1-3H3,(H,20,23)(H,21,24). The minimum Gasteiger partial charge on any atom is -0.356 e. The predicted octanol–water partition coefficient (Wildman–Crippen LogP) is 2.83. The number of amides is 2. The monoisotopic (exact) mass is 338 g/mol. The molecule has 0 aromatic rings. The van der Waals surface area contributed by atoms with Crippen LogP contribution in [0.2, 0.25) is 0 Å². The second kappa shape index (κ2) is 11.2. The van der Waals surface area contributed by atoms with Crippen LogP contribution in [0.25, 0.3) is 0 Å². The molecule has 0 spiro atoms. The maximum Gasteiger partial charge on any atom is 0.221 e. The van der Waals surface area contributed by atoms with Crippen LogP contribution in [0.5, 0.6) is 0 Å². The zero-order chi connectivity index (χ0) is 17.9. The summed E-state index contributed by atoms with van der Waals surface area (Å²) in [7, 11) is 0. The molecular weight excluding hydrogens is 304 g/mol. The van der Waals surface area contributed by atoms with Gasteiger partial charge in [-0.3, -0.25) is 14.4 Å². The van der Waals surface area contributed by atoms with E-state index in [1.165, 1.54) is 19.3 Å². The van der Waals surface area contributed by atoms with E-state index in [0.29, 0.717) is 62.9 Å². The van der Waals surface area contributed by atoms with Gasteiger partial charge in [-0.1, -0.05) is 40.0 Å². The molecule has 2 N–H and O–H groups in total. The second-order valence-electron chi connectivity index (χ2n) is 7.20. The number of carbonyl (C=O) groups excluding carboxylic acids is 3. The van der Waals surface area contributed by atoms with Gasteiger partial charge < -0.3 is 10.6 Å². The first-order valence-corrected chi connectivity index (χ1v) is 9.49. The summed E-state index contributed by atoms with van der Waals surface area (Å²) in [5, 5.41) is 5.65. The van der Waals surface area contributed by atoms with E-state index in [4.69, 9.17) is 0 Å². The smallest absolute Gasteiger partial charge is 0.221 e. The molecule has 0 radical (unpaired) electrons. The summed E-state index contributed by atoms with van der Waals surface area (Å²) in [4.78, 5) is 34.9. The third-order valence-corrected chi connectivity index (χ3v) is 5.22. The molecule has 2 amide bonds. The summed E-state index contributed by atoms with van der Waals surface area (Å²) in [5.74, 6) is 1.88. The van der Waals surface area contributed by atoms with Crippen LogP contribution in [0.3, 0.4) is 0 Å². The van der Waals surface area contributed by atoms with Crippen molar-refractivity contribution < 1.29 is 14.4 Å². The Balaban J connectivity index is 2.11. The Morgan fingerprint density at radius 2 is 1.54 bits per heavy atom. The van der Waals surface area contributed by atoms with Gasteiger partial charge >= 0.3 is 0 Å². The normalized spacial score (nSPS) is 23.5. The van der Waals surface area contributed by atoms with Crippen molar-refractivity contribution in [3.05, 3.63) is 0 Å². The fourth-order valence-corrected chi connectivity index (χ4v) is 3.53. The Hall–Kier alpha value is -1.39. The lowest BCUT2D eigenvalue weighted by atomic mass is 9.72. The molecule has 5 heteroatoms. The van der Waals surface area contributed by atoms with E-state index in [2.05, 4.69) is 24.5 Å². The van der Waals surface area contributed by atoms with Gasteiger partial charge in [-0.2, -0.15) is 0 Å². The molecule has 24 heavy (non-hydrogen) atoms. The molecule has 1 aliphatic rings. The van der Waals surface area contributed by atoms with Crippen molar-refractivity contribution in [2.75, 3.05) is 13.1 Å². The average molecular weight is 338 g/mol.